The molecule has 0 amide bonds. The summed E-state index contributed by atoms with van der Waals surface area (Å²) in [5.41, 5.74) is -0.0811. The number of aromatic nitrogens is 2. The van der Waals surface area contributed by atoms with E-state index in [4.69, 9.17) is 12.2 Å². The lowest BCUT2D eigenvalue weighted by Crippen LogP contribution is -2.18. The van der Waals surface area contributed by atoms with Gasteiger partial charge in [0.1, 0.15) is 15.0 Å². The summed E-state index contributed by atoms with van der Waals surface area (Å²) in [4.78, 5) is 22.4. The quantitative estimate of drug-likeness (QED) is 0.689. The van der Waals surface area contributed by atoms with Gasteiger partial charge in [0.2, 0.25) is 0 Å². The van der Waals surface area contributed by atoms with Crippen molar-refractivity contribution >= 4 is 61.2 Å². The van der Waals surface area contributed by atoms with E-state index in [9.17, 15) is 4.79 Å². The highest BCUT2D eigenvalue weighted by molar-refractivity contribution is 8.22. The molecular formula is C14H13N3OS4. The van der Waals surface area contributed by atoms with E-state index < -0.39 is 0 Å². The first-order chi connectivity index (χ1) is 10.6. The largest absolute Gasteiger partial charge is 0.366 e. The van der Waals surface area contributed by atoms with E-state index in [1.54, 1.807) is 11.3 Å². The normalized spacial score (nSPS) is 11.0. The highest BCUT2D eigenvalue weighted by Gasteiger charge is 2.08. The summed E-state index contributed by atoms with van der Waals surface area (Å²) in [7, 11) is 0. The lowest BCUT2D eigenvalue weighted by molar-refractivity contribution is 0.961. The molecule has 8 heteroatoms. The van der Waals surface area contributed by atoms with Crippen molar-refractivity contribution in [1.82, 2.24) is 15.3 Å². The third-order valence-corrected chi connectivity index (χ3v) is 6.04. The molecule has 4 nitrogen and oxygen atoms in total. The minimum atomic E-state index is -0.0811. The monoisotopic (exact) mass is 367 g/mol. The topological polar surface area (TPSA) is 57.8 Å². The molecule has 0 aliphatic carbocycles. The van der Waals surface area contributed by atoms with Crippen LogP contribution >= 0.6 is 46.7 Å². The molecule has 0 aliphatic rings. The van der Waals surface area contributed by atoms with Crippen molar-refractivity contribution in [2.24, 2.45) is 0 Å². The number of aryl methyl sites for hydroxylation is 1. The zero-order chi connectivity index (χ0) is 15.5. The number of nitrogens with zero attached hydrogens (tertiary/aromatic N) is 1. The Morgan fingerprint density at radius 1 is 1.55 bits per heavy atom. The zero-order valence-corrected chi connectivity index (χ0v) is 15.0. The van der Waals surface area contributed by atoms with Crippen LogP contribution in [0.1, 0.15) is 15.6 Å². The van der Waals surface area contributed by atoms with Crippen LogP contribution in [-0.4, -0.2) is 14.3 Å². The standard InChI is InChI=1S/C14H13N3OS4/c1-8-5-10-12(18)16-11(17-13(10)22-8)7-21-14(19)15-6-9-3-2-4-20-9/h2-5H,6-7H2,1H3,(H,15,19)(H,16,17,18). The number of fused-ring (bicyclic) bond motifs is 1. The summed E-state index contributed by atoms with van der Waals surface area (Å²) >= 11 is 10.0. The van der Waals surface area contributed by atoms with E-state index in [1.165, 1.54) is 28.0 Å². The van der Waals surface area contributed by atoms with Crippen molar-refractivity contribution in [2.75, 3.05) is 0 Å². The number of thioether (sulfide) groups is 1. The Morgan fingerprint density at radius 2 is 2.41 bits per heavy atom. The van der Waals surface area contributed by atoms with Gasteiger partial charge in [-0.05, 0) is 24.4 Å². The second-order valence-corrected chi connectivity index (χ2v) is 8.52. The van der Waals surface area contributed by atoms with Crippen molar-refractivity contribution in [3.05, 3.63) is 49.5 Å². The van der Waals surface area contributed by atoms with Crippen molar-refractivity contribution in [1.29, 1.82) is 0 Å². The fraction of sp³-hybridized carbons (Fsp3) is 0.214. The summed E-state index contributed by atoms with van der Waals surface area (Å²) in [5, 5.41) is 5.90. The van der Waals surface area contributed by atoms with Crippen LogP contribution in [0.4, 0.5) is 0 Å². The molecule has 2 N–H and O–H groups in total. The van der Waals surface area contributed by atoms with Crippen molar-refractivity contribution in [2.45, 2.75) is 19.2 Å². The minimum absolute atomic E-state index is 0.0811. The van der Waals surface area contributed by atoms with Crippen LogP contribution in [0.25, 0.3) is 10.2 Å². The van der Waals surface area contributed by atoms with E-state index in [2.05, 4.69) is 21.4 Å². The minimum Gasteiger partial charge on any atom is -0.366 e. The van der Waals surface area contributed by atoms with Gasteiger partial charge in [-0.2, -0.15) is 0 Å². The Kier molecular flexibility index (Phi) is 4.92. The highest BCUT2D eigenvalue weighted by atomic mass is 32.2. The van der Waals surface area contributed by atoms with Gasteiger partial charge < -0.3 is 10.3 Å². The Bertz CT molecular complexity index is 851. The number of H-pyrrole nitrogens is 1. The molecule has 0 atom stereocenters. The van der Waals surface area contributed by atoms with Gasteiger partial charge in [-0.1, -0.05) is 30.0 Å². The molecule has 3 aromatic heterocycles. The summed E-state index contributed by atoms with van der Waals surface area (Å²) in [6.45, 7) is 2.71. The maximum Gasteiger partial charge on any atom is 0.259 e. The van der Waals surface area contributed by atoms with Crippen molar-refractivity contribution in [3.63, 3.8) is 0 Å². The van der Waals surface area contributed by atoms with E-state index in [0.29, 0.717) is 21.3 Å². The van der Waals surface area contributed by atoms with Crippen LogP contribution in [0.2, 0.25) is 0 Å². The molecule has 0 unspecified atom stereocenters. The van der Waals surface area contributed by atoms with Gasteiger partial charge in [0.15, 0.2) is 0 Å². The summed E-state index contributed by atoms with van der Waals surface area (Å²) < 4.78 is 0.707. The molecular weight excluding hydrogens is 354 g/mol. The molecule has 0 saturated heterocycles. The number of nitrogens with one attached hydrogen (secondary N) is 2. The van der Waals surface area contributed by atoms with Crippen LogP contribution in [0, 0.1) is 6.92 Å². The molecule has 0 aromatic carbocycles. The summed E-state index contributed by atoms with van der Waals surface area (Å²) in [6, 6.07) is 5.96. The van der Waals surface area contributed by atoms with E-state index in [0.717, 1.165) is 16.3 Å². The summed E-state index contributed by atoms with van der Waals surface area (Å²) in [5.74, 6) is 1.21. The van der Waals surface area contributed by atoms with Gasteiger partial charge in [-0.3, -0.25) is 4.79 Å². The Labute approximate surface area is 145 Å². The molecule has 3 aromatic rings. The Balaban J connectivity index is 1.61. The van der Waals surface area contributed by atoms with Crippen LogP contribution in [0.15, 0.2) is 28.4 Å². The van der Waals surface area contributed by atoms with Gasteiger partial charge in [-0.15, -0.1) is 22.7 Å². The maximum absolute atomic E-state index is 12.0. The number of thiophene rings is 2. The molecule has 0 saturated carbocycles. The van der Waals surface area contributed by atoms with E-state index in [1.807, 2.05) is 24.4 Å². The van der Waals surface area contributed by atoms with Crippen molar-refractivity contribution < 1.29 is 0 Å². The van der Waals surface area contributed by atoms with Crippen LogP contribution in [0.5, 0.6) is 0 Å². The molecule has 0 aliphatic heterocycles. The van der Waals surface area contributed by atoms with Gasteiger partial charge >= 0.3 is 0 Å². The fourth-order valence-electron chi connectivity index (χ4n) is 1.92. The molecule has 0 spiro atoms. The van der Waals surface area contributed by atoms with Crippen LogP contribution < -0.4 is 10.9 Å². The van der Waals surface area contributed by atoms with E-state index in [-0.39, 0.29) is 5.56 Å². The molecule has 3 heterocycles. The summed E-state index contributed by atoms with van der Waals surface area (Å²) in [6.07, 6.45) is 0. The lowest BCUT2D eigenvalue weighted by Gasteiger charge is -2.06. The number of thiocarbonyl (C=S) groups is 1. The van der Waals surface area contributed by atoms with Gasteiger partial charge in [-0.25, -0.2) is 4.98 Å². The lowest BCUT2D eigenvalue weighted by atomic mass is 10.4. The Hall–Kier alpha value is -1.22. The third-order valence-electron chi connectivity index (χ3n) is 2.90. The molecule has 3 rings (SSSR count). The smallest absolute Gasteiger partial charge is 0.259 e. The van der Waals surface area contributed by atoms with Gasteiger partial charge in [0.25, 0.3) is 5.56 Å². The molecule has 0 bridgehead atoms. The van der Waals surface area contributed by atoms with E-state index >= 15 is 0 Å². The zero-order valence-electron chi connectivity index (χ0n) is 11.7. The maximum atomic E-state index is 12.0. The fourth-order valence-corrected chi connectivity index (χ4v) is 4.29. The highest BCUT2D eigenvalue weighted by Crippen LogP contribution is 2.21. The number of hydrogen-bond acceptors (Lipinski definition) is 6. The van der Waals surface area contributed by atoms with Crippen molar-refractivity contribution in [3.8, 4) is 0 Å². The number of aromatic amines is 1. The second-order valence-electron chi connectivity index (χ2n) is 4.60. The third kappa shape index (κ3) is 3.75. The molecule has 22 heavy (non-hydrogen) atoms. The molecule has 114 valence electrons. The predicted octanol–water partition coefficient (Wildman–Crippen LogP) is 3.66. The predicted molar refractivity (Wildman–Crippen MR) is 100 cm³/mol. The first-order valence-electron chi connectivity index (χ1n) is 6.54. The van der Waals surface area contributed by atoms with Gasteiger partial charge in [0.05, 0.1) is 17.7 Å². The number of rotatable bonds is 4. The van der Waals surface area contributed by atoms with Crippen LogP contribution in [0.3, 0.4) is 0 Å². The molecule has 0 radical (unpaired) electrons. The average Bonchev–Trinajstić information content (AvgIpc) is 3.11. The SMILES string of the molecule is Cc1cc2c(=O)[nH]c(CSC(=S)NCc3cccs3)nc2s1. The van der Waals surface area contributed by atoms with Crippen LogP contribution in [-0.2, 0) is 12.3 Å². The first-order valence-corrected chi connectivity index (χ1v) is 9.63. The first kappa shape index (κ1) is 15.7. The molecule has 0 fully saturated rings. The second kappa shape index (κ2) is 6.91. The van der Waals surface area contributed by atoms with Gasteiger partial charge in [0, 0.05) is 9.75 Å². The number of hydrogen-bond donors (Lipinski definition) is 2. The average molecular weight is 368 g/mol. The Morgan fingerprint density at radius 3 is 3.18 bits per heavy atom.